The Morgan fingerprint density at radius 1 is 1.07 bits per heavy atom. The van der Waals surface area contributed by atoms with Gasteiger partial charge in [-0.3, -0.25) is 14.4 Å². The lowest BCUT2D eigenvalue weighted by Crippen LogP contribution is -2.34. The standard InChI is InChI=1S/C19H17ClN2O6S/c20-14-7-5-13(6-8-14)18(24)21-10-9-17(23)28-12-11-22-19(25)15-3-1-2-4-16(15)29(22,26)27/h1-8H,9-12H2,(H,21,24). The Bertz CT molecular complexity index is 1050. The molecule has 29 heavy (non-hydrogen) atoms. The first-order valence-corrected chi connectivity index (χ1v) is 10.5. The van der Waals surface area contributed by atoms with Gasteiger partial charge in [0.05, 0.1) is 18.5 Å². The van der Waals surface area contributed by atoms with Crippen LogP contribution in [-0.2, 0) is 19.6 Å². The quantitative estimate of drug-likeness (QED) is 0.663. The lowest BCUT2D eigenvalue weighted by Gasteiger charge is -2.15. The van der Waals surface area contributed by atoms with Crippen LogP contribution in [0.2, 0.25) is 5.02 Å². The third-order valence-electron chi connectivity index (χ3n) is 4.19. The fourth-order valence-electron chi connectivity index (χ4n) is 2.75. The van der Waals surface area contributed by atoms with Gasteiger partial charge in [-0.25, -0.2) is 12.7 Å². The topological polar surface area (TPSA) is 110 Å². The predicted octanol–water partition coefficient (Wildman–Crippen LogP) is 1.85. The first-order valence-electron chi connectivity index (χ1n) is 8.66. The van der Waals surface area contributed by atoms with Crippen molar-refractivity contribution in [3.8, 4) is 0 Å². The van der Waals surface area contributed by atoms with Crippen LogP contribution in [0.5, 0.6) is 0 Å². The number of nitrogens with zero attached hydrogens (tertiary/aromatic N) is 1. The van der Waals surface area contributed by atoms with Crippen molar-refractivity contribution in [2.75, 3.05) is 19.7 Å². The molecule has 0 saturated heterocycles. The van der Waals surface area contributed by atoms with Gasteiger partial charge in [0.15, 0.2) is 0 Å². The molecule has 0 saturated carbocycles. The van der Waals surface area contributed by atoms with Gasteiger partial charge in [0, 0.05) is 17.1 Å². The highest BCUT2D eigenvalue weighted by Gasteiger charge is 2.40. The molecule has 0 atom stereocenters. The van der Waals surface area contributed by atoms with Crippen LogP contribution in [0.25, 0.3) is 0 Å². The molecule has 0 fully saturated rings. The monoisotopic (exact) mass is 436 g/mol. The largest absolute Gasteiger partial charge is 0.464 e. The minimum Gasteiger partial charge on any atom is -0.464 e. The van der Waals surface area contributed by atoms with E-state index in [1.165, 1.54) is 18.2 Å². The molecule has 8 nitrogen and oxygen atoms in total. The van der Waals surface area contributed by atoms with Gasteiger partial charge >= 0.3 is 5.97 Å². The molecular formula is C19H17ClN2O6S. The van der Waals surface area contributed by atoms with Gasteiger partial charge in [-0.2, -0.15) is 0 Å². The SMILES string of the molecule is O=C(CCNC(=O)c1ccc(Cl)cc1)OCCN1C(=O)c2ccccc2S1(=O)=O. The van der Waals surface area contributed by atoms with Crippen molar-refractivity contribution in [2.45, 2.75) is 11.3 Å². The summed E-state index contributed by atoms with van der Waals surface area (Å²) in [5.41, 5.74) is 0.504. The lowest BCUT2D eigenvalue weighted by molar-refractivity contribution is -0.143. The second kappa shape index (κ2) is 8.62. The summed E-state index contributed by atoms with van der Waals surface area (Å²) in [6.45, 7) is -0.506. The van der Waals surface area contributed by atoms with E-state index < -0.39 is 21.9 Å². The first-order chi connectivity index (χ1) is 13.8. The zero-order valence-corrected chi connectivity index (χ0v) is 16.7. The molecule has 1 heterocycles. The maximum atomic E-state index is 12.4. The van der Waals surface area contributed by atoms with E-state index in [-0.39, 0.29) is 42.5 Å². The fourth-order valence-corrected chi connectivity index (χ4v) is 4.43. The van der Waals surface area contributed by atoms with Gasteiger partial charge in [-0.05, 0) is 36.4 Å². The van der Waals surface area contributed by atoms with Gasteiger partial charge in [0.1, 0.15) is 11.5 Å². The number of hydrogen-bond acceptors (Lipinski definition) is 6. The lowest BCUT2D eigenvalue weighted by atomic mass is 10.2. The van der Waals surface area contributed by atoms with Crippen LogP contribution in [0, 0.1) is 0 Å². The molecule has 0 aliphatic carbocycles. The summed E-state index contributed by atoms with van der Waals surface area (Å²) in [6, 6.07) is 12.2. The average Bonchev–Trinajstić information content (AvgIpc) is 2.89. The first kappa shape index (κ1) is 20.8. The molecule has 0 unspecified atom stereocenters. The summed E-state index contributed by atoms with van der Waals surface area (Å²) < 4.78 is 30.4. The molecule has 3 rings (SSSR count). The highest BCUT2D eigenvalue weighted by atomic mass is 35.5. The number of hydrogen-bond donors (Lipinski definition) is 1. The summed E-state index contributed by atoms with van der Waals surface area (Å²) >= 11 is 5.76. The Hall–Kier alpha value is -2.91. The molecule has 0 aromatic heterocycles. The molecule has 152 valence electrons. The van der Waals surface area contributed by atoms with Crippen LogP contribution in [0.3, 0.4) is 0 Å². The van der Waals surface area contributed by atoms with E-state index in [1.54, 1.807) is 30.3 Å². The third kappa shape index (κ3) is 4.57. The van der Waals surface area contributed by atoms with Gasteiger partial charge in [-0.1, -0.05) is 23.7 Å². The van der Waals surface area contributed by atoms with E-state index in [4.69, 9.17) is 16.3 Å². The zero-order chi connectivity index (χ0) is 21.0. The second-order valence-electron chi connectivity index (χ2n) is 6.11. The zero-order valence-electron chi connectivity index (χ0n) is 15.1. The van der Waals surface area contributed by atoms with Crippen molar-refractivity contribution in [3.05, 3.63) is 64.7 Å². The summed E-state index contributed by atoms with van der Waals surface area (Å²) in [5.74, 6) is -1.63. The van der Waals surface area contributed by atoms with Crippen LogP contribution in [0.1, 0.15) is 27.1 Å². The van der Waals surface area contributed by atoms with Gasteiger partial charge in [-0.15, -0.1) is 0 Å². The summed E-state index contributed by atoms with van der Waals surface area (Å²) in [5, 5.41) is 3.08. The Labute approximate surface area is 172 Å². The molecule has 2 aromatic rings. The van der Waals surface area contributed by atoms with Gasteiger partial charge in [0.2, 0.25) is 0 Å². The number of benzene rings is 2. The number of carbonyl (C=O) groups is 3. The van der Waals surface area contributed by atoms with E-state index in [0.717, 1.165) is 0 Å². The van der Waals surface area contributed by atoms with Crippen LogP contribution >= 0.6 is 11.6 Å². The normalized spacial score (nSPS) is 14.4. The number of amides is 2. The molecular weight excluding hydrogens is 420 g/mol. The smallest absolute Gasteiger partial charge is 0.307 e. The van der Waals surface area contributed by atoms with Crippen molar-refractivity contribution < 1.29 is 27.5 Å². The van der Waals surface area contributed by atoms with Crippen LogP contribution in [0.4, 0.5) is 0 Å². The Morgan fingerprint density at radius 2 is 1.76 bits per heavy atom. The van der Waals surface area contributed by atoms with Crippen molar-refractivity contribution in [3.63, 3.8) is 0 Å². The molecule has 2 aromatic carbocycles. The van der Waals surface area contributed by atoms with E-state index >= 15 is 0 Å². The fraction of sp³-hybridized carbons (Fsp3) is 0.211. The van der Waals surface area contributed by atoms with E-state index in [2.05, 4.69) is 5.32 Å². The molecule has 2 amide bonds. The van der Waals surface area contributed by atoms with Crippen molar-refractivity contribution >= 4 is 39.4 Å². The van der Waals surface area contributed by atoms with Crippen LogP contribution in [-0.4, -0.2) is 50.2 Å². The number of sulfonamides is 1. The molecule has 10 heteroatoms. The number of esters is 1. The molecule has 1 N–H and O–H groups in total. The predicted molar refractivity (Wildman–Crippen MR) is 104 cm³/mol. The molecule has 0 bridgehead atoms. The summed E-state index contributed by atoms with van der Waals surface area (Å²) in [7, 11) is -3.93. The Kier molecular flexibility index (Phi) is 6.19. The summed E-state index contributed by atoms with van der Waals surface area (Å²) in [4.78, 5) is 35.9. The third-order valence-corrected chi connectivity index (χ3v) is 6.28. The van der Waals surface area contributed by atoms with E-state index in [9.17, 15) is 22.8 Å². The second-order valence-corrected chi connectivity index (χ2v) is 8.38. The van der Waals surface area contributed by atoms with Gasteiger partial charge < -0.3 is 10.1 Å². The highest BCUT2D eigenvalue weighted by molar-refractivity contribution is 7.90. The minimum absolute atomic E-state index is 0.0483. The maximum Gasteiger partial charge on any atom is 0.307 e. The number of carbonyl (C=O) groups excluding carboxylic acids is 3. The van der Waals surface area contributed by atoms with Crippen molar-refractivity contribution in [2.24, 2.45) is 0 Å². The van der Waals surface area contributed by atoms with Crippen LogP contribution in [0.15, 0.2) is 53.4 Å². The number of fused-ring (bicyclic) bond motifs is 1. The number of rotatable bonds is 7. The molecule has 0 radical (unpaired) electrons. The Balaban J connectivity index is 1.43. The minimum atomic E-state index is -3.93. The number of halogens is 1. The van der Waals surface area contributed by atoms with Crippen LogP contribution < -0.4 is 5.32 Å². The average molecular weight is 437 g/mol. The van der Waals surface area contributed by atoms with Crippen molar-refractivity contribution in [1.29, 1.82) is 0 Å². The number of nitrogens with one attached hydrogen (secondary N) is 1. The van der Waals surface area contributed by atoms with Gasteiger partial charge in [0.25, 0.3) is 21.8 Å². The molecule has 1 aliphatic rings. The molecule has 1 aliphatic heterocycles. The molecule has 0 spiro atoms. The number of ether oxygens (including phenoxy) is 1. The maximum absolute atomic E-state index is 12.4. The Morgan fingerprint density at radius 3 is 2.45 bits per heavy atom. The summed E-state index contributed by atoms with van der Waals surface area (Å²) in [6.07, 6.45) is -0.0970. The van der Waals surface area contributed by atoms with E-state index in [0.29, 0.717) is 14.9 Å². The van der Waals surface area contributed by atoms with E-state index in [1.807, 2.05) is 0 Å². The highest BCUT2D eigenvalue weighted by Crippen LogP contribution is 2.29. The van der Waals surface area contributed by atoms with Crippen molar-refractivity contribution in [1.82, 2.24) is 9.62 Å².